The van der Waals surface area contributed by atoms with E-state index in [1.807, 2.05) is 0 Å². The molecule has 0 spiro atoms. The van der Waals surface area contributed by atoms with Crippen LogP contribution in [0.15, 0.2) is 0 Å². The minimum absolute atomic E-state index is 0.0126. The minimum Gasteiger partial charge on any atom is -0.481 e. The number of nitrogens with zero attached hydrogens (tertiary/aromatic N) is 1. The van der Waals surface area contributed by atoms with Gasteiger partial charge in [-0.25, -0.2) is 9.69 Å². The molecule has 9 nitrogen and oxygen atoms in total. The maximum atomic E-state index is 12.4. The zero-order valence-electron chi connectivity index (χ0n) is 14.7. The van der Waals surface area contributed by atoms with Gasteiger partial charge in [-0.05, 0) is 25.7 Å². The molecule has 0 bridgehead atoms. The van der Waals surface area contributed by atoms with Crippen molar-refractivity contribution in [2.24, 2.45) is 11.8 Å². The Hall–Kier alpha value is -2.16. The third-order valence-corrected chi connectivity index (χ3v) is 4.76. The molecule has 0 aromatic carbocycles. The fourth-order valence-electron chi connectivity index (χ4n) is 3.22. The predicted molar refractivity (Wildman–Crippen MR) is 89.5 cm³/mol. The first kappa shape index (κ1) is 21.9. The average Bonchev–Trinajstić information content (AvgIpc) is 2.56. The van der Waals surface area contributed by atoms with Crippen LogP contribution in [0.5, 0.6) is 0 Å². The summed E-state index contributed by atoms with van der Waals surface area (Å²) in [4.78, 5) is 46.0. The number of aliphatic hydroxyl groups excluding tert-OH is 1. The van der Waals surface area contributed by atoms with Crippen LogP contribution in [0.1, 0.15) is 57.8 Å². The van der Waals surface area contributed by atoms with E-state index in [-0.39, 0.29) is 13.0 Å². The average molecular weight is 373 g/mol. The third-order valence-electron chi connectivity index (χ3n) is 4.76. The normalized spacial score (nSPS) is 19.9. The van der Waals surface area contributed by atoms with Gasteiger partial charge >= 0.3 is 18.0 Å². The number of hydrogen-bond acceptors (Lipinski definition) is 5. The Kier molecular flexibility index (Phi) is 9.04. The Morgan fingerprint density at radius 1 is 0.885 bits per heavy atom. The Bertz CT molecular complexity index is 507. The van der Waals surface area contributed by atoms with E-state index in [4.69, 9.17) is 10.2 Å². The molecular formula is C17H27NO8. The second kappa shape index (κ2) is 10.7. The summed E-state index contributed by atoms with van der Waals surface area (Å²) in [6.45, 7) is 0.0126. The van der Waals surface area contributed by atoms with Crippen LogP contribution in [0.3, 0.4) is 0 Å². The number of unbranched alkanes of at least 4 members (excludes halogenated alkanes) is 3. The molecule has 0 radical (unpaired) electrons. The summed E-state index contributed by atoms with van der Waals surface area (Å²) in [5.41, 5.74) is 0. The standard InChI is InChI=1S/C17H27NO8/c19-13-9-5-4-7-11(13)14(20)18(17(25)26)10-6-2-1-3-8-12(15(21)22)16(23)24/h11-13,19H,1-10H2,(H,21,22)(H,23,24)(H,25,26). The van der Waals surface area contributed by atoms with Gasteiger partial charge in [-0.1, -0.05) is 32.1 Å². The molecule has 1 aliphatic rings. The van der Waals surface area contributed by atoms with Crippen molar-refractivity contribution in [3.63, 3.8) is 0 Å². The highest BCUT2D eigenvalue weighted by Crippen LogP contribution is 2.26. The molecule has 1 saturated carbocycles. The maximum absolute atomic E-state index is 12.4. The van der Waals surface area contributed by atoms with Gasteiger partial charge in [0.2, 0.25) is 5.91 Å². The number of carbonyl (C=O) groups is 4. The van der Waals surface area contributed by atoms with E-state index in [9.17, 15) is 29.4 Å². The predicted octanol–water partition coefficient (Wildman–Crippen LogP) is 1.78. The number of carboxylic acid groups (broad SMARTS) is 3. The smallest absolute Gasteiger partial charge is 0.414 e. The summed E-state index contributed by atoms with van der Waals surface area (Å²) in [5.74, 6) is -5.41. The van der Waals surface area contributed by atoms with Crippen LogP contribution in [0.2, 0.25) is 0 Å². The Balaban J connectivity index is 2.38. The summed E-state index contributed by atoms with van der Waals surface area (Å²) >= 11 is 0. The molecule has 2 unspecified atom stereocenters. The van der Waals surface area contributed by atoms with Crippen LogP contribution in [0, 0.1) is 11.8 Å². The molecule has 2 amide bonds. The van der Waals surface area contributed by atoms with Crippen LogP contribution in [0.4, 0.5) is 4.79 Å². The van der Waals surface area contributed by atoms with Gasteiger partial charge in [-0.3, -0.25) is 14.4 Å². The van der Waals surface area contributed by atoms with Gasteiger partial charge in [0.05, 0.1) is 12.0 Å². The van der Waals surface area contributed by atoms with Gasteiger partial charge < -0.3 is 20.4 Å². The highest BCUT2D eigenvalue weighted by atomic mass is 16.4. The van der Waals surface area contributed by atoms with Crippen LogP contribution in [-0.2, 0) is 14.4 Å². The molecule has 1 aliphatic carbocycles. The lowest BCUT2D eigenvalue weighted by atomic mass is 9.85. The maximum Gasteiger partial charge on any atom is 0.414 e. The van der Waals surface area contributed by atoms with Crippen LogP contribution < -0.4 is 0 Å². The zero-order valence-corrected chi connectivity index (χ0v) is 14.7. The monoisotopic (exact) mass is 373 g/mol. The molecule has 4 N–H and O–H groups in total. The van der Waals surface area contributed by atoms with Crippen molar-refractivity contribution in [1.29, 1.82) is 0 Å². The first-order valence-corrected chi connectivity index (χ1v) is 8.93. The van der Waals surface area contributed by atoms with Crippen molar-refractivity contribution >= 4 is 23.9 Å². The first-order valence-electron chi connectivity index (χ1n) is 8.93. The second-order valence-corrected chi connectivity index (χ2v) is 6.66. The van der Waals surface area contributed by atoms with E-state index < -0.39 is 41.9 Å². The molecule has 148 valence electrons. The van der Waals surface area contributed by atoms with E-state index in [1.54, 1.807) is 0 Å². The fraction of sp³-hybridized carbons (Fsp3) is 0.765. The van der Waals surface area contributed by atoms with Crippen molar-refractivity contribution in [2.75, 3.05) is 6.54 Å². The van der Waals surface area contributed by atoms with Crippen LogP contribution in [-0.4, -0.2) is 61.9 Å². The lowest BCUT2D eigenvalue weighted by molar-refractivity contribution is -0.155. The Morgan fingerprint density at radius 3 is 2.00 bits per heavy atom. The number of imide groups is 1. The third kappa shape index (κ3) is 6.62. The van der Waals surface area contributed by atoms with Crippen LogP contribution in [0.25, 0.3) is 0 Å². The molecular weight excluding hydrogens is 346 g/mol. The number of carboxylic acids is 2. The molecule has 9 heteroatoms. The SMILES string of the molecule is O=C(O)C(CCCCCCN(C(=O)O)C(=O)C1CCCCC1O)C(=O)O. The van der Waals surface area contributed by atoms with E-state index in [0.29, 0.717) is 38.5 Å². The molecule has 0 heterocycles. The van der Waals surface area contributed by atoms with Gasteiger partial charge in [0.25, 0.3) is 0 Å². The molecule has 2 atom stereocenters. The number of hydrogen-bond donors (Lipinski definition) is 4. The molecule has 0 saturated heterocycles. The molecule has 26 heavy (non-hydrogen) atoms. The van der Waals surface area contributed by atoms with E-state index in [0.717, 1.165) is 17.7 Å². The zero-order chi connectivity index (χ0) is 19.7. The largest absolute Gasteiger partial charge is 0.481 e. The van der Waals surface area contributed by atoms with Gasteiger partial charge in [0.15, 0.2) is 5.92 Å². The van der Waals surface area contributed by atoms with Gasteiger partial charge in [0, 0.05) is 6.54 Å². The molecule has 0 aromatic heterocycles. The molecule has 0 aromatic rings. The fourth-order valence-corrected chi connectivity index (χ4v) is 3.22. The van der Waals surface area contributed by atoms with E-state index in [2.05, 4.69) is 0 Å². The summed E-state index contributed by atoms with van der Waals surface area (Å²) in [7, 11) is 0. The number of aliphatic hydroxyl groups is 1. The molecule has 0 aliphatic heterocycles. The topological polar surface area (TPSA) is 152 Å². The second-order valence-electron chi connectivity index (χ2n) is 6.66. The van der Waals surface area contributed by atoms with Crippen molar-refractivity contribution in [1.82, 2.24) is 4.90 Å². The number of rotatable bonds is 10. The minimum atomic E-state index is -1.43. The molecule has 1 fully saturated rings. The van der Waals surface area contributed by atoms with Crippen molar-refractivity contribution in [2.45, 2.75) is 63.9 Å². The number of carbonyl (C=O) groups excluding carboxylic acids is 1. The van der Waals surface area contributed by atoms with Gasteiger partial charge in [-0.15, -0.1) is 0 Å². The molecule has 1 rings (SSSR count). The Morgan fingerprint density at radius 2 is 1.46 bits per heavy atom. The summed E-state index contributed by atoms with van der Waals surface area (Å²) in [6.07, 6.45) is 2.36. The van der Waals surface area contributed by atoms with Crippen LogP contribution >= 0.6 is 0 Å². The van der Waals surface area contributed by atoms with E-state index >= 15 is 0 Å². The summed E-state index contributed by atoms with van der Waals surface area (Å²) in [6, 6.07) is 0. The van der Waals surface area contributed by atoms with Gasteiger partial charge in [0.1, 0.15) is 0 Å². The Labute approximate surface area is 151 Å². The number of amides is 2. The van der Waals surface area contributed by atoms with Crippen molar-refractivity contribution in [3.8, 4) is 0 Å². The summed E-state index contributed by atoms with van der Waals surface area (Å²) < 4.78 is 0. The van der Waals surface area contributed by atoms with Crippen molar-refractivity contribution in [3.05, 3.63) is 0 Å². The highest BCUT2D eigenvalue weighted by molar-refractivity contribution is 5.93. The highest BCUT2D eigenvalue weighted by Gasteiger charge is 2.34. The van der Waals surface area contributed by atoms with E-state index in [1.165, 1.54) is 0 Å². The first-order chi connectivity index (χ1) is 12.3. The van der Waals surface area contributed by atoms with Gasteiger partial charge in [-0.2, -0.15) is 0 Å². The van der Waals surface area contributed by atoms with Crippen molar-refractivity contribution < 1.29 is 39.6 Å². The number of aliphatic carboxylic acids is 2. The lowest BCUT2D eigenvalue weighted by Crippen LogP contribution is -2.45. The summed E-state index contributed by atoms with van der Waals surface area (Å²) in [5, 5.41) is 36.7. The quantitative estimate of drug-likeness (QED) is 0.334. The lowest BCUT2D eigenvalue weighted by Gasteiger charge is -2.30.